The summed E-state index contributed by atoms with van der Waals surface area (Å²) in [6.07, 6.45) is 3.67. The average molecular weight is 450 g/mol. The van der Waals surface area contributed by atoms with Gasteiger partial charge in [0.2, 0.25) is 0 Å². The fraction of sp³-hybridized carbons (Fsp3) is 0.318. The third-order valence-electron chi connectivity index (χ3n) is 4.48. The van der Waals surface area contributed by atoms with Crippen molar-refractivity contribution in [2.45, 2.75) is 38.0 Å². The maximum Gasteiger partial charge on any atom is 0.195 e. The Labute approximate surface area is 181 Å². The molecule has 0 bridgehead atoms. The van der Waals surface area contributed by atoms with Gasteiger partial charge in [-0.3, -0.25) is 0 Å². The zero-order valence-electron chi connectivity index (χ0n) is 17.7. The minimum Gasteiger partial charge on any atom is -0.744 e. The third kappa shape index (κ3) is 7.78. The van der Waals surface area contributed by atoms with Gasteiger partial charge in [0.25, 0.3) is 0 Å². The van der Waals surface area contributed by atoms with E-state index in [1.54, 1.807) is 12.1 Å². The lowest BCUT2D eigenvalue weighted by Crippen LogP contribution is -2.51. The van der Waals surface area contributed by atoms with Crippen LogP contribution in [-0.2, 0) is 16.5 Å². The predicted octanol–water partition coefficient (Wildman–Crippen LogP) is 3.58. The molecule has 1 aromatic heterocycles. The second kappa shape index (κ2) is 11.6. The number of oxazole rings is 1. The van der Waals surface area contributed by atoms with Crippen molar-refractivity contribution in [3.05, 3.63) is 65.8 Å². The van der Waals surface area contributed by atoms with E-state index in [4.69, 9.17) is 4.42 Å². The smallest absolute Gasteiger partial charge is 0.195 e. The highest BCUT2D eigenvalue weighted by Crippen LogP contribution is 2.21. The summed E-state index contributed by atoms with van der Waals surface area (Å²) in [5.41, 5.74) is 7.75. The van der Waals surface area contributed by atoms with E-state index < -0.39 is 10.1 Å². The van der Waals surface area contributed by atoms with Crippen LogP contribution in [0.1, 0.15) is 31.2 Å². The summed E-state index contributed by atoms with van der Waals surface area (Å²) < 4.78 is 49.3. The first kappa shape index (κ1) is 24.5. The molecule has 0 saturated carbocycles. The molecule has 4 N–H and O–H groups in total. The summed E-state index contributed by atoms with van der Waals surface area (Å²) in [4.78, 5) is 4.27. The van der Waals surface area contributed by atoms with Gasteiger partial charge in [0, 0.05) is 30.3 Å². The van der Waals surface area contributed by atoms with Crippen molar-refractivity contribution in [3.8, 4) is 0 Å². The molecule has 3 rings (SSSR count). The Morgan fingerprint density at radius 1 is 1.26 bits per heavy atom. The minimum absolute atomic E-state index is 0.178. The van der Waals surface area contributed by atoms with Gasteiger partial charge in [-0.05, 0) is 37.6 Å². The number of quaternary nitrogens is 1. The molecular formula is C22H28FN3O4S. The highest BCUT2D eigenvalue weighted by atomic mass is 32.2. The van der Waals surface area contributed by atoms with Gasteiger partial charge in [-0.15, -0.1) is 0 Å². The van der Waals surface area contributed by atoms with Gasteiger partial charge in [0.1, 0.15) is 15.6 Å². The monoisotopic (exact) mass is 449 g/mol. The van der Waals surface area contributed by atoms with Crippen molar-refractivity contribution in [2.75, 3.05) is 18.4 Å². The molecule has 168 valence electrons. The number of rotatable bonds is 8. The second-order valence-electron chi connectivity index (χ2n) is 7.03. The fourth-order valence-corrected chi connectivity index (χ4v) is 3.09. The van der Waals surface area contributed by atoms with Crippen LogP contribution in [0, 0.1) is 6.92 Å². The molecule has 1 heterocycles. The van der Waals surface area contributed by atoms with E-state index in [1.165, 1.54) is 12.1 Å². The van der Waals surface area contributed by atoms with Crippen LogP contribution in [0.15, 0.2) is 63.7 Å². The number of aryl methyl sites for hydroxylation is 2. The Hall–Kier alpha value is -2.75. The molecule has 0 aliphatic rings. The lowest BCUT2D eigenvalue weighted by Gasteiger charge is -2.05. The topological polar surface area (TPSA) is 123 Å². The van der Waals surface area contributed by atoms with Gasteiger partial charge in [0.05, 0.1) is 17.8 Å². The van der Waals surface area contributed by atoms with Crippen LogP contribution < -0.4 is 11.1 Å². The van der Waals surface area contributed by atoms with E-state index in [9.17, 15) is 17.4 Å². The average Bonchev–Trinajstić information content (AvgIpc) is 3.15. The summed E-state index contributed by atoms with van der Waals surface area (Å²) in [6.45, 7) is 4.86. The van der Waals surface area contributed by atoms with Crippen molar-refractivity contribution >= 4 is 26.9 Å². The van der Waals surface area contributed by atoms with Crippen LogP contribution in [0.25, 0.3) is 11.1 Å². The van der Waals surface area contributed by atoms with Crippen molar-refractivity contribution < 1.29 is 27.5 Å². The maximum atomic E-state index is 12.5. The molecule has 2 aromatic carbocycles. The number of benzene rings is 2. The molecule has 7 nitrogen and oxygen atoms in total. The fourth-order valence-electron chi connectivity index (χ4n) is 2.62. The number of aromatic nitrogens is 1. The third-order valence-corrected chi connectivity index (χ3v) is 5.33. The Morgan fingerprint density at radius 3 is 2.55 bits per heavy atom. The van der Waals surface area contributed by atoms with Gasteiger partial charge >= 0.3 is 0 Å². The number of anilines is 1. The number of halogens is 1. The normalized spacial score (nSPS) is 11.8. The van der Waals surface area contributed by atoms with E-state index in [-0.39, 0.29) is 4.90 Å². The molecule has 0 atom stereocenters. The van der Waals surface area contributed by atoms with Crippen LogP contribution in [-0.4, -0.2) is 31.0 Å². The summed E-state index contributed by atoms with van der Waals surface area (Å²) in [5.74, 6) is 0.779. The van der Waals surface area contributed by atoms with E-state index in [2.05, 4.69) is 23.0 Å². The highest BCUT2D eigenvalue weighted by molar-refractivity contribution is 7.85. The SMILES string of the molecule is CCCCc1nc2ccc(NC/C(=C\F)C[NH3+])cc2o1.Cc1ccc(S(=O)(=O)[O-])cc1. The van der Waals surface area contributed by atoms with Gasteiger partial charge in [-0.1, -0.05) is 31.0 Å². The zero-order valence-corrected chi connectivity index (χ0v) is 18.5. The number of nitrogens with one attached hydrogen (secondary N) is 1. The Bertz CT molecular complexity index is 1110. The van der Waals surface area contributed by atoms with E-state index >= 15 is 0 Å². The van der Waals surface area contributed by atoms with Crippen molar-refractivity contribution in [2.24, 2.45) is 0 Å². The summed E-state index contributed by atoms with van der Waals surface area (Å²) in [6, 6.07) is 11.5. The van der Waals surface area contributed by atoms with E-state index in [0.29, 0.717) is 25.0 Å². The molecule has 0 aliphatic heterocycles. The molecular weight excluding hydrogens is 421 g/mol. The lowest BCUT2D eigenvalue weighted by molar-refractivity contribution is -0.356. The number of nitrogens with zero attached hydrogens (tertiary/aromatic N) is 1. The molecule has 0 spiro atoms. The molecule has 0 radical (unpaired) electrons. The summed E-state index contributed by atoms with van der Waals surface area (Å²) in [5, 5.41) is 3.16. The Morgan fingerprint density at radius 2 is 1.97 bits per heavy atom. The van der Waals surface area contributed by atoms with Crippen LogP contribution in [0.5, 0.6) is 0 Å². The quantitative estimate of drug-likeness (QED) is 0.507. The number of hydrogen-bond donors (Lipinski definition) is 2. The highest BCUT2D eigenvalue weighted by Gasteiger charge is 2.06. The molecule has 0 aliphatic carbocycles. The molecule has 3 aromatic rings. The molecule has 9 heteroatoms. The molecule has 0 amide bonds. The van der Waals surface area contributed by atoms with Crippen molar-refractivity contribution in [3.63, 3.8) is 0 Å². The first-order chi connectivity index (χ1) is 14.8. The van der Waals surface area contributed by atoms with Gasteiger partial charge < -0.3 is 20.0 Å². The minimum atomic E-state index is -4.27. The Balaban J connectivity index is 0.000000262. The second-order valence-corrected chi connectivity index (χ2v) is 8.41. The first-order valence-corrected chi connectivity index (χ1v) is 11.4. The molecule has 31 heavy (non-hydrogen) atoms. The molecule has 0 saturated heterocycles. The van der Waals surface area contributed by atoms with E-state index in [0.717, 1.165) is 47.5 Å². The van der Waals surface area contributed by atoms with Crippen LogP contribution in [0.3, 0.4) is 0 Å². The lowest BCUT2D eigenvalue weighted by atomic mass is 10.2. The molecule has 0 unspecified atom stereocenters. The zero-order chi connectivity index (χ0) is 22.9. The van der Waals surface area contributed by atoms with Crippen LogP contribution in [0.2, 0.25) is 0 Å². The largest absolute Gasteiger partial charge is 0.744 e. The summed E-state index contributed by atoms with van der Waals surface area (Å²) >= 11 is 0. The van der Waals surface area contributed by atoms with Crippen LogP contribution >= 0.6 is 0 Å². The molecule has 0 fully saturated rings. The van der Waals surface area contributed by atoms with Gasteiger partial charge in [-0.25, -0.2) is 17.8 Å². The van der Waals surface area contributed by atoms with Crippen molar-refractivity contribution in [1.29, 1.82) is 0 Å². The predicted molar refractivity (Wildman–Crippen MR) is 117 cm³/mol. The van der Waals surface area contributed by atoms with Crippen molar-refractivity contribution in [1.82, 2.24) is 4.98 Å². The number of fused-ring (bicyclic) bond motifs is 1. The van der Waals surface area contributed by atoms with Gasteiger partial charge in [0.15, 0.2) is 11.5 Å². The Kier molecular flexibility index (Phi) is 9.17. The van der Waals surface area contributed by atoms with Crippen LogP contribution in [0.4, 0.5) is 10.1 Å². The standard InChI is InChI=1S/C15H20FN3O.C7H8O3S/c1-2-3-4-15-19-13-6-5-12(7-14(13)20-15)18-10-11(8-16)9-17;1-6-2-4-7(5-3-6)11(8,9)10/h5-8,18H,2-4,9-10,17H2,1H3;2-5H,1H3,(H,8,9,10)/b11-8-;. The maximum absolute atomic E-state index is 12.5. The summed E-state index contributed by atoms with van der Waals surface area (Å²) in [7, 11) is -4.27. The first-order valence-electron chi connectivity index (χ1n) is 10.00. The van der Waals surface area contributed by atoms with E-state index in [1.807, 2.05) is 25.1 Å². The van der Waals surface area contributed by atoms with Gasteiger partial charge in [-0.2, -0.15) is 0 Å². The number of hydrogen-bond acceptors (Lipinski definition) is 6. The number of unbranched alkanes of at least 4 members (excludes halogenated alkanes) is 1.